The van der Waals surface area contributed by atoms with E-state index in [-0.39, 0.29) is 0 Å². The summed E-state index contributed by atoms with van der Waals surface area (Å²) in [6, 6.07) is 8.88. The summed E-state index contributed by atoms with van der Waals surface area (Å²) in [5, 5.41) is 0. The Kier molecular flexibility index (Phi) is 2.95. The lowest BCUT2D eigenvalue weighted by atomic mass is 9.93. The zero-order valence-corrected chi connectivity index (χ0v) is 11.3. The van der Waals surface area contributed by atoms with Crippen molar-refractivity contribution >= 4 is 5.57 Å². The van der Waals surface area contributed by atoms with Gasteiger partial charge in [0.15, 0.2) is 0 Å². The predicted molar refractivity (Wildman–Crippen MR) is 78.4 cm³/mol. The van der Waals surface area contributed by atoms with Gasteiger partial charge in [0, 0.05) is 0 Å². The van der Waals surface area contributed by atoms with E-state index in [1.807, 2.05) is 0 Å². The molecule has 0 heterocycles. The third-order valence-corrected chi connectivity index (χ3v) is 4.02. The number of allylic oxidation sites excluding steroid dienone is 6. The van der Waals surface area contributed by atoms with Gasteiger partial charge >= 0.3 is 0 Å². The van der Waals surface area contributed by atoms with Crippen LogP contribution in [0.2, 0.25) is 0 Å². The fourth-order valence-electron chi connectivity index (χ4n) is 3.26. The van der Waals surface area contributed by atoms with E-state index in [9.17, 15) is 0 Å². The Balaban J connectivity index is 2.08. The zero-order valence-electron chi connectivity index (χ0n) is 11.3. The van der Waals surface area contributed by atoms with Crippen molar-refractivity contribution in [3.63, 3.8) is 0 Å². The van der Waals surface area contributed by atoms with Gasteiger partial charge in [-0.2, -0.15) is 0 Å². The second-order valence-corrected chi connectivity index (χ2v) is 5.35. The number of hydrogen-bond acceptors (Lipinski definition) is 0. The van der Waals surface area contributed by atoms with E-state index in [0.717, 1.165) is 12.8 Å². The van der Waals surface area contributed by atoms with Gasteiger partial charge in [0.25, 0.3) is 0 Å². The molecular weight excluding hydrogens is 216 g/mol. The summed E-state index contributed by atoms with van der Waals surface area (Å²) in [4.78, 5) is 0. The Bertz CT molecular complexity index is 567. The lowest BCUT2D eigenvalue weighted by molar-refractivity contribution is 0.922. The first-order valence-electron chi connectivity index (χ1n) is 6.98. The Morgan fingerprint density at radius 1 is 1.17 bits per heavy atom. The van der Waals surface area contributed by atoms with E-state index in [2.05, 4.69) is 50.3 Å². The third kappa shape index (κ3) is 1.77. The van der Waals surface area contributed by atoms with Crippen LogP contribution in [0, 0.1) is 0 Å². The summed E-state index contributed by atoms with van der Waals surface area (Å²) in [5.74, 6) is 0. The minimum atomic E-state index is 1.12. The second kappa shape index (κ2) is 4.61. The molecular formula is C18H20. The molecule has 0 heteroatoms. The molecule has 2 aliphatic rings. The minimum Gasteiger partial charge on any atom is -0.0798 e. The predicted octanol–water partition coefficient (Wildman–Crippen LogP) is 5.07. The molecule has 18 heavy (non-hydrogen) atoms. The molecule has 0 saturated carbocycles. The van der Waals surface area contributed by atoms with Gasteiger partial charge in [-0.3, -0.25) is 0 Å². The van der Waals surface area contributed by atoms with Crippen LogP contribution >= 0.6 is 0 Å². The van der Waals surface area contributed by atoms with Crippen LogP contribution in [0.25, 0.3) is 5.57 Å². The number of hydrogen-bond donors (Lipinski definition) is 0. The highest BCUT2D eigenvalue weighted by Gasteiger charge is 2.23. The van der Waals surface area contributed by atoms with E-state index in [0.29, 0.717) is 0 Å². The SMILES string of the molecule is CCCC1=C(C2=C(C)Cc3ccccc32)CC=C1. The maximum Gasteiger partial charge on any atom is -0.00544 e. The molecule has 0 nitrogen and oxygen atoms in total. The van der Waals surface area contributed by atoms with Crippen molar-refractivity contribution in [1.82, 2.24) is 0 Å². The topological polar surface area (TPSA) is 0 Å². The van der Waals surface area contributed by atoms with Gasteiger partial charge < -0.3 is 0 Å². The highest BCUT2D eigenvalue weighted by molar-refractivity contribution is 5.88. The van der Waals surface area contributed by atoms with Gasteiger partial charge in [-0.25, -0.2) is 0 Å². The fraction of sp³-hybridized carbons (Fsp3) is 0.333. The van der Waals surface area contributed by atoms with E-state index in [4.69, 9.17) is 0 Å². The molecule has 0 N–H and O–H groups in total. The van der Waals surface area contributed by atoms with Crippen molar-refractivity contribution in [2.24, 2.45) is 0 Å². The van der Waals surface area contributed by atoms with Gasteiger partial charge in [-0.15, -0.1) is 0 Å². The molecule has 1 aromatic carbocycles. The summed E-state index contributed by atoms with van der Waals surface area (Å²) < 4.78 is 0. The Hall–Kier alpha value is -1.56. The second-order valence-electron chi connectivity index (χ2n) is 5.35. The van der Waals surface area contributed by atoms with E-state index < -0.39 is 0 Å². The van der Waals surface area contributed by atoms with Crippen molar-refractivity contribution in [3.05, 3.63) is 64.3 Å². The standard InChI is InChI=1S/C18H20/c1-3-7-14-9-6-11-16(14)18-13(2)12-15-8-4-5-10-17(15)18/h4-6,8-10H,3,7,11-12H2,1-2H3. The third-order valence-electron chi connectivity index (χ3n) is 4.02. The quantitative estimate of drug-likeness (QED) is 0.687. The van der Waals surface area contributed by atoms with E-state index in [1.165, 1.54) is 24.0 Å². The van der Waals surface area contributed by atoms with Crippen molar-refractivity contribution in [2.45, 2.75) is 39.5 Å². The smallest absolute Gasteiger partial charge is 0.00544 e. The summed E-state index contributed by atoms with van der Waals surface area (Å²) in [6.07, 6.45) is 9.36. The minimum absolute atomic E-state index is 1.12. The normalized spacial score (nSPS) is 17.9. The summed E-state index contributed by atoms with van der Waals surface area (Å²) in [5.41, 5.74) is 9.20. The number of fused-ring (bicyclic) bond motifs is 1. The largest absolute Gasteiger partial charge is 0.0798 e. The van der Waals surface area contributed by atoms with Crippen LogP contribution in [0.1, 0.15) is 44.2 Å². The van der Waals surface area contributed by atoms with Crippen molar-refractivity contribution in [3.8, 4) is 0 Å². The zero-order chi connectivity index (χ0) is 12.5. The van der Waals surface area contributed by atoms with Gasteiger partial charge in [-0.05, 0) is 54.0 Å². The average molecular weight is 236 g/mol. The Labute approximate surface area is 110 Å². The van der Waals surface area contributed by atoms with Crippen LogP contribution in [0.15, 0.2) is 53.1 Å². The molecule has 3 rings (SSSR count). The molecule has 0 spiro atoms. The van der Waals surface area contributed by atoms with E-state index in [1.54, 1.807) is 22.3 Å². The van der Waals surface area contributed by atoms with Crippen LogP contribution in [-0.4, -0.2) is 0 Å². The van der Waals surface area contributed by atoms with E-state index >= 15 is 0 Å². The van der Waals surface area contributed by atoms with Crippen molar-refractivity contribution < 1.29 is 0 Å². The molecule has 0 amide bonds. The molecule has 0 aromatic heterocycles. The number of benzene rings is 1. The molecule has 0 bridgehead atoms. The Morgan fingerprint density at radius 2 is 2.00 bits per heavy atom. The lowest BCUT2D eigenvalue weighted by Gasteiger charge is -2.11. The molecule has 0 aliphatic heterocycles. The van der Waals surface area contributed by atoms with Crippen LogP contribution in [0.3, 0.4) is 0 Å². The van der Waals surface area contributed by atoms with Gasteiger partial charge in [0.1, 0.15) is 0 Å². The van der Waals surface area contributed by atoms with Gasteiger partial charge in [0.2, 0.25) is 0 Å². The van der Waals surface area contributed by atoms with Crippen molar-refractivity contribution in [2.75, 3.05) is 0 Å². The molecule has 92 valence electrons. The van der Waals surface area contributed by atoms with Crippen LogP contribution in [0.5, 0.6) is 0 Å². The summed E-state index contributed by atoms with van der Waals surface area (Å²) >= 11 is 0. The van der Waals surface area contributed by atoms with Crippen LogP contribution in [-0.2, 0) is 6.42 Å². The van der Waals surface area contributed by atoms with Gasteiger partial charge in [-0.1, -0.05) is 55.3 Å². The summed E-state index contributed by atoms with van der Waals surface area (Å²) in [6.45, 7) is 4.56. The molecule has 0 atom stereocenters. The molecule has 1 aromatic rings. The summed E-state index contributed by atoms with van der Waals surface area (Å²) in [7, 11) is 0. The van der Waals surface area contributed by atoms with Gasteiger partial charge in [0.05, 0.1) is 0 Å². The molecule has 2 aliphatic carbocycles. The first-order valence-corrected chi connectivity index (χ1v) is 6.98. The number of rotatable bonds is 3. The average Bonchev–Trinajstić information content (AvgIpc) is 2.92. The lowest BCUT2D eigenvalue weighted by Crippen LogP contribution is -1.91. The van der Waals surface area contributed by atoms with Crippen molar-refractivity contribution in [1.29, 1.82) is 0 Å². The first kappa shape index (κ1) is 11.5. The first-order chi connectivity index (χ1) is 8.81. The Morgan fingerprint density at radius 3 is 2.83 bits per heavy atom. The molecule has 0 radical (unpaired) electrons. The van der Waals surface area contributed by atoms with Crippen LogP contribution in [0.4, 0.5) is 0 Å². The fourth-order valence-corrected chi connectivity index (χ4v) is 3.26. The maximum atomic E-state index is 2.33. The highest BCUT2D eigenvalue weighted by atomic mass is 14.3. The molecule has 0 unspecified atom stereocenters. The van der Waals surface area contributed by atoms with Crippen LogP contribution < -0.4 is 0 Å². The molecule has 0 fully saturated rings. The molecule has 0 saturated heterocycles. The highest BCUT2D eigenvalue weighted by Crippen LogP contribution is 2.42. The maximum absolute atomic E-state index is 2.33. The monoisotopic (exact) mass is 236 g/mol.